The van der Waals surface area contributed by atoms with E-state index in [4.69, 9.17) is 11.6 Å². The Hall–Kier alpha value is -1.55. The molecule has 0 radical (unpaired) electrons. The number of anilines is 1. The largest absolute Gasteiger partial charge is 0.348 e. The molecule has 2 amide bonds. The molecule has 0 atom stereocenters. The van der Waals surface area contributed by atoms with Crippen molar-refractivity contribution < 1.29 is 9.59 Å². The molecule has 0 saturated carbocycles. The first-order valence-electron chi connectivity index (χ1n) is 6.32. The van der Waals surface area contributed by atoms with Gasteiger partial charge in [-0.15, -0.1) is 11.6 Å². The van der Waals surface area contributed by atoms with Gasteiger partial charge in [-0.25, -0.2) is 0 Å². The molecule has 0 aromatic heterocycles. The van der Waals surface area contributed by atoms with Crippen LogP contribution in [-0.2, 0) is 9.59 Å². The third-order valence-electron chi connectivity index (χ3n) is 2.66. The Balaban J connectivity index is 2.74. The minimum Gasteiger partial charge on any atom is -0.348 e. The molecule has 0 aliphatic heterocycles. The maximum absolute atomic E-state index is 12.1. The van der Waals surface area contributed by atoms with Crippen LogP contribution in [0.2, 0.25) is 0 Å². The summed E-state index contributed by atoms with van der Waals surface area (Å²) in [4.78, 5) is 25.3. The van der Waals surface area contributed by atoms with Crippen molar-refractivity contribution in [1.82, 2.24) is 5.32 Å². The minimum absolute atomic E-state index is 0.416. The quantitative estimate of drug-likeness (QED) is 0.511. The van der Waals surface area contributed by atoms with Crippen molar-refractivity contribution in [2.24, 2.45) is 0 Å². The summed E-state index contributed by atoms with van der Waals surface area (Å²) >= 11 is 5.52. The van der Waals surface area contributed by atoms with Gasteiger partial charge in [0.05, 0.1) is 0 Å². The van der Waals surface area contributed by atoms with Crippen LogP contribution in [0.3, 0.4) is 0 Å². The Kier molecular flexibility index (Phi) is 6.36. The molecule has 0 heterocycles. The van der Waals surface area contributed by atoms with Crippen LogP contribution < -0.4 is 10.2 Å². The second kappa shape index (κ2) is 7.79. The summed E-state index contributed by atoms with van der Waals surface area (Å²) in [6, 6.07) is 7.52. The smallest absolute Gasteiger partial charge is 0.316 e. The average molecular weight is 283 g/mol. The number of nitrogens with one attached hydrogen (secondary N) is 1. The summed E-state index contributed by atoms with van der Waals surface area (Å²) in [5.41, 5.74) is 1.78. The van der Waals surface area contributed by atoms with Gasteiger partial charge in [-0.1, -0.05) is 12.1 Å². The van der Waals surface area contributed by atoms with Crippen molar-refractivity contribution in [1.29, 1.82) is 0 Å². The number of alkyl halides is 1. The van der Waals surface area contributed by atoms with Crippen molar-refractivity contribution >= 4 is 29.1 Å². The summed E-state index contributed by atoms with van der Waals surface area (Å²) in [5, 5.41) is 2.57. The number of benzene rings is 1. The molecule has 0 unspecified atom stereocenters. The van der Waals surface area contributed by atoms with E-state index in [9.17, 15) is 9.59 Å². The third kappa shape index (κ3) is 4.56. The lowest BCUT2D eigenvalue weighted by atomic mass is 10.2. The maximum atomic E-state index is 12.1. The molecule has 0 saturated heterocycles. The monoisotopic (exact) mass is 282 g/mol. The molecule has 5 heteroatoms. The Labute approximate surface area is 118 Å². The highest BCUT2D eigenvalue weighted by atomic mass is 35.5. The van der Waals surface area contributed by atoms with Gasteiger partial charge in [-0.2, -0.15) is 0 Å². The van der Waals surface area contributed by atoms with Gasteiger partial charge in [-0.3, -0.25) is 9.59 Å². The first-order valence-corrected chi connectivity index (χ1v) is 6.86. The standard InChI is InChI=1S/C14H19ClN2O2/c1-3-17(12-7-4-6-11(2)10-12)14(19)13(18)16-9-5-8-15/h4,6-7,10H,3,5,8-9H2,1-2H3,(H,16,18). The van der Waals surface area contributed by atoms with Crippen molar-refractivity contribution in [3.63, 3.8) is 0 Å². The van der Waals surface area contributed by atoms with Crippen molar-refractivity contribution in [3.8, 4) is 0 Å². The van der Waals surface area contributed by atoms with Gasteiger partial charge in [0, 0.05) is 24.7 Å². The zero-order chi connectivity index (χ0) is 14.3. The van der Waals surface area contributed by atoms with Crippen LogP contribution in [0.15, 0.2) is 24.3 Å². The van der Waals surface area contributed by atoms with E-state index < -0.39 is 11.8 Å². The number of hydrogen-bond acceptors (Lipinski definition) is 2. The highest BCUT2D eigenvalue weighted by Gasteiger charge is 2.21. The lowest BCUT2D eigenvalue weighted by Crippen LogP contribution is -2.43. The molecule has 0 fully saturated rings. The summed E-state index contributed by atoms with van der Waals surface area (Å²) in [5.74, 6) is -0.666. The van der Waals surface area contributed by atoms with Crippen molar-refractivity contribution in [2.45, 2.75) is 20.3 Å². The van der Waals surface area contributed by atoms with Crippen LogP contribution in [0.1, 0.15) is 18.9 Å². The molecule has 0 spiro atoms. The summed E-state index contributed by atoms with van der Waals surface area (Å²) in [7, 11) is 0. The molecule has 0 bridgehead atoms. The van der Waals surface area contributed by atoms with Crippen LogP contribution in [0, 0.1) is 6.92 Å². The SMILES string of the molecule is CCN(C(=O)C(=O)NCCCCl)c1cccc(C)c1. The van der Waals surface area contributed by atoms with E-state index in [1.54, 1.807) is 0 Å². The van der Waals surface area contributed by atoms with Crippen molar-refractivity contribution in [2.75, 3.05) is 23.9 Å². The number of likely N-dealkylation sites (N-methyl/N-ethyl adjacent to an activating group) is 1. The first-order chi connectivity index (χ1) is 9.10. The number of halogens is 1. The Bertz CT molecular complexity index is 449. The first kappa shape index (κ1) is 15.5. The summed E-state index contributed by atoms with van der Waals surface area (Å²) < 4.78 is 0. The van der Waals surface area contributed by atoms with Gasteiger partial charge in [-0.05, 0) is 38.0 Å². The van der Waals surface area contributed by atoms with E-state index in [1.165, 1.54) is 4.90 Å². The average Bonchev–Trinajstić information content (AvgIpc) is 2.39. The van der Waals surface area contributed by atoms with Gasteiger partial charge < -0.3 is 10.2 Å². The van der Waals surface area contributed by atoms with Crippen LogP contribution >= 0.6 is 11.6 Å². The number of carbonyl (C=O) groups is 2. The molecule has 0 aliphatic carbocycles. The van der Waals surface area contributed by atoms with Crippen LogP contribution in [0.4, 0.5) is 5.69 Å². The Morgan fingerprint density at radius 3 is 2.68 bits per heavy atom. The predicted molar refractivity (Wildman–Crippen MR) is 77.6 cm³/mol. The molecule has 4 nitrogen and oxygen atoms in total. The fraction of sp³-hybridized carbons (Fsp3) is 0.429. The second-order valence-corrected chi connectivity index (χ2v) is 4.56. The minimum atomic E-state index is -0.589. The van der Waals surface area contributed by atoms with E-state index in [1.807, 2.05) is 38.1 Å². The Morgan fingerprint density at radius 2 is 2.11 bits per heavy atom. The molecular formula is C14H19ClN2O2. The van der Waals surface area contributed by atoms with Gasteiger partial charge in [0.1, 0.15) is 0 Å². The zero-order valence-electron chi connectivity index (χ0n) is 11.3. The number of amides is 2. The van der Waals surface area contributed by atoms with Gasteiger partial charge in [0.25, 0.3) is 0 Å². The molecule has 1 aromatic rings. The number of nitrogens with zero attached hydrogens (tertiary/aromatic N) is 1. The number of aryl methyl sites for hydroxylation is 1. The fourth-order valence-corrected chi connectivity index (χ4v) is 1.84. The van der Waals surface area contributed by atoms with Crippen LogP contribution in [0.5, 0.6) is 0 Å². The number of carbonyl (C=O) groups excluding carboxylic acids is 2. The Morgan fingerprint density at radius 1 is 1.37 bits per heavy atom. The molecule has 1 rings (SSSR count). The maximum Gasteiger partial charge on any atom is 0.316 e. The number of hydrogen-bond donors (Lipinski definition) is 1. The molecule has 1 N–H and O–H groups in total. The topological polar surface area (TPSA) is 49.4 Å². The van der Waals surface area contributed by atoms with E-state index >= 15 is 0 Å². The second-order valence-electron chi connectivity index (χ2n) is 4.19. The summed E-state index contributed by atoms with van der Waals surface area (Å²) in [6.45, 7) is 4.65. The normalized spacial score (nSPS) is 10.1. The molecular weight excluding hydrogens is 264 g/mol. The zero-order valence-corrected chi connectivity index (χ0v) is 12.0. The van der Waals surface area contributed by atoms with Crippen LogP contribution in [0.25, 0.3) is 0 Å². The fourth-order valence-electron chi connectivity index (χ4n) is 1.71. The molecule has 1 aromatic carbocycles. The van der Waals surface area contributed by atoms with E-state index in [-0.39, 0.29) is 0 Å². The van der Waals surface area contributed by atoms with E-state index in [2.05, 4.69) is 5.32 Å². The van der Waals surface area contributed by atoms with Gasteiger partial charge in [0.15, 0.2) is 0 Å². The molecule has 104 valence electrons. The highest BCUT2D eigenvalue weighted by Crippen LogP contribution is 2.15. The third-order valence-corrected chi connectivity index (χ3v) is 2.93. The number of rotatable bonds is 5. The lowest BCUT2D eigenvalue weighted by molar-refractivity contribution is -0.137. The van der Waals surface area contributed by atoms with Gasteiger partial charge in [0.2, 0.25) is 0 Å². The highest BCUT2D eigenvalue weighted by molar-refractivity contribution is 6.40. The predicted octanol–water partition coefficient (Wildman–Crippen LogP) is 2.09. The van der Waals surface area contributed by atoms with Crippen LogP contribution in [-0.4, -0.2) is 30.8 Å². The van der Waals surface area contributed by atoms with Gasteiger partial charge >= 0.3 is 11.8 Å². The van der Waals surface area contributed by atoms with Crippen molar-refractivity contribution in [3.05, 3.63) is 29.8 Å². The van der Waals surface area contributed by atoms with E-state index in [0.29, 0.717) is 25.4 Å². The molecule has 0 aliphatic rings. The molecule has 19 heavy (non-hydrogen) atoms. The lowest BCUT2D eigenvalue weighted by Gasteiger charge is -2.20. The summed E-state index contributed by atoms with van der Waals surface area (Å²) in [6.07, 6.45) is 0.650. The van der Waals surface area contributed by atoms with E-state index in [0.717, 1.165) is 11.3 Å².